The van der Waals surface area contributed by atoms with Crippen LogP contribution in [0.5, 0.6) is 0 Å². The number of aryl methyl sites for hydroxylation is 1. The Hall–Kier alpha value is -4.56. The molecule has 2 nitrogen and oxygen atoms in total. The first-order chi connectivity index (χ1) is 18.6. The second kappa shape index (κ2) is 7.97. The van der Waals surface area contributed by atoms with E-state index in [0.717, 1.165) is 55.9 Å². The third kappa shape index (κ3) is 3.13. The molecule has 2 aromatic heterocycles. The minimum atomic E-state index is 0.591. The fourth-order valence-corrected chi connectivity index (χ4v) is 6.01. The average molecular weight is 491 g/mol. The van der Waals surface area contributed by atoms with Crippen LogP contribution in [0.3, 0.4) is 0 Å². The first-order valence-electron chi connectivity index (χ1n) is 13.3. The zero-order valence-electron chi connectivity index (χ0n) is 21.4. The van der Waals surface area contributed by atoms with Crippen LogP contribution >= 0.6 is 0 Å². The molecule has 5 aromatic carbocycles. The van der Waals surface area contributed by atoms with E-state index in [1.807, 2.05) is 0 Å². The molecule has 1 aliphatic rings. The highest BCUT2D eigenvalue weighted by Gasteiger charge is 2.21. The molecule has 38 heavy (non-hydrogen) atoms. The molecule has 1 aliphatic carbocycles. The van der Waals surface area contributed by atoms with Crippen LogP contribution in [-0.4, -0.2) is 0 Å². The second-order valence-electron chi connectivity index (χ2n) is 10.7. The van der Waals surface area contributed by atoms with Gasteiger partial charge in [0.05, 0.1) is 0 Å². The normalized spacial score (nSPS) is 15.8. The summed E-state index contributed by atoms with van der Waals surface area (Å²) in [5, 5.41) is 6.85. The van der Waals surface area contributed by atoms with Crippen molar-refractivity contribution in [3.63, 3.8) is 0 Å². The highest BCUT2D eigenvalue weighted by atomic mass is 16.4. The third-order valence-electron chi connectivity index (χ3n) is 8.08. The van der Waals surface area contributed by atoms with Crippen molar-refractivity contribution in [2.75, 3.05) is 0 Å². The van der Waals surface area contributed by atoms with E-state index in [1.54, 1.807) is 0 Å². The van der Waals surface area contributed by atoms with Crippen molar-refractivity contribution in [3.8, 4) is 11.1 Å². The number of fused-ring (bicyclic) bond motifs is 10. The van der Waals surface area contributed by atoms with Crippen LogP contribution in [0.1, 0.15) is 24.5 Å². The van der Waals surface area contributed by atoms with Gasteiger partial charge in [-0.1, -0.05) is 91.4 Å². The van der Waals surface area contributed by atoms with Gasteiger partial charge in [0.1, 0.15) is 11.2 Å². The number of rotatable bonds is 2. The van der Waals surface area contributed by atoms with Gasteiger partial charge in [-0.25, -0.2) is 0 Å². The molecule has 1 unspecified atom stereocenters. The Kier molecular flexibility index (Phi) is 4.51. The van der Waals surface area contributed by atoms with Crippen molar-refractivity contribution in [2.45, 2.75) is 20.3 Å². The molecular formula is C36H26O2. The van der Waals surface area contributed by atoms with Gasteiger partial charge in [-0.05, 0) is 76.6 Å². The smallest absolute Gasteiger partial charge is 0.179 e. The zero-order valence-corrected chi connectivity index (χ0v) is 21.4. The molecule has 182 valence electrons. The summed E-state index contributed by atoms with van der Waals surface area (Å²) in [4.78, 5) is 0. The maximum Gasteiger partial charge on any atom is 0.179 e. The summed E-state index contributed by atoms with van der Waals surface area (Å²) in [5.41, 5.74) is 9.44. The predicted molar refractivity (Wildman–Crippen MR) is 160 cm³/mol. The van der Waals surface area contributed by atoms with E-state index in [4.69, 9.17) is 8.83 Å². The lowest BCUT2D eigenvalue weighted by molar-refractivity contribution is 0.633. The molecule has 0 radical (unpaired) electrons. The number of furan rings is 2. The molecule has 0 fully saturated rings. The molecular weight excluding hydrogens is 464 g/mol. The monoisotopic (exact) mass is 490 g/mol. The molecule has 0 saturated carbocycles. The van der Waals surface area contributed by atoms with Crippen LogP contribution in [0.2, 0.25) is 0 Å². The van der Waals surface area contributed by atoms with Crippen LogP contribution in [0, 0.1) is 12.8 Å². The van der Waals surface area contributed by atoms with Crippen molar-refractivity contribution in [1.29, 1.82) is 0 Å². The lowest BCUT2D eigenvalue weighted by Crippen LogP contribution is -1.93. The Bertz CT molecular complexity index is 2110. The van der Waals surface area contributed by atoms with Gasteiger partial charge in [0, 0.05) is 21.5 Å². The SMILES string of the molecule is Cc1ccc(-c2ccc3c(c2)oc2c4oc5cc(C6=CCC(C)C=C6)ccc5c4c4ccccc4c32)cc1. The van der Waals surface area contributed by atoms with E-state index in [0.29, 0.717) is 5.92 Å². The summed E-state index contributed by atoms with van der Waals surface area (Å²) >= 11 is 0. The number of allylic oxidation sites excluding steroid dienone is 4. The van der Waals surface area contributed by atoms with Gasteiger partial charge in [-0.3, -0.25) is 0 Å². The van der Waals surface area contributed by atoms with Gasteiger partial charge in [-0.2, -0.15) is 0 Å². The second-order valence-corrected chi connectivity index (χ2v) is 10.7. The summed E-state index contributed by atoms with van der Waals surface area (Å²) in [6.07, 6.45) is 7.91. The van der Waals surface area contributed by atoms with E-state index in [9.17, 15) is 0 Å². The van der Waals surface area contributed by atoms with Gasteiger partial charge >= 0.3 is 0 Å². The van der Waals surface area contributed by atoms with Gasteiger partial charge < -0.3 is 8.83 Å². The molecule has 2 heterocycles. The van der Waals surface area contributed by atoms with Gasteiger partial charge in [0.25, 0.3) is 0 Å². The summed E-state index contributed by atoms with van der Waals surface area (Å²) in [6.45, 7) is 4.36. The van der Waals surface area contributed by atoms with Gasteiger partial charge in [0.15, 0.2) is 11.2 Å². The van der Waals surface area contributed by atoms with Gasteiger partial charge in [-0.15, -0.1) is 0 Å². The van der Waals surface area contributed by atoms with Gasteiger partial charge in [0.2, 0.25) is 0 Å². The predicted octanol–water partition coefficient (Wildman–Crippen LogP) is 10.6. The molecule has 0 N–H and O–H groups in total. The van der Waals surface area contributed by atoms with Crippen molar-refractivity contribution in [3.05, 3.63) is 114 Å². The average Bonchev–Trinajstić information content (AvgIpc) is 3.52. The Morgan fingerprint density at radius 1 is 0.632 bits per heavy atom. The number of benzene rings is 5. The summed E-state index contributed by atoms with van der Waals surface area (Å²) in [5.74, 6) is 0.591. The molecule has 0 bridgehead atoms. The van der Waals surface area contributed by atoms with Crippen LogP contribution in [0.25, 0.3) is 71.3 Å². The lowest BCUT2D eigenvalue weighted by atomic mass is 9.93. The van der Waals surface area contributed by atoms with Crippen LogP contribution in [0.4, 0.5) is 0 Å². The largest absolute Gasteiger partial charge is 0.452 e. The Balaban J connectivity index is 1.41. The minimum absolute atomic E-state index is 0.591. The highest BCUT2D eigenvalue weighted by Crippen LogP contribution is 2.45. The summed E-state index contributed by atoms with van der Waals surface area (Å²) < 4.78 is 13.3. The lowest BCUT2D eigenvalue weighted by Gasteiger charge is -2.11. The molecule has 1 atom stereocenters. The van der Waals surface area contributed by atoms with Crippen molar-refractivity contribution in [2.24, 2.45) is 5.92 Å². The fourth-order valence-electron chi connectivity index (χ4n) is 6.01. The summed E-state index contributed by atoms with van der Waals surface area (Å²) in [6, 6.07) is 30.4. The fraction of sp³-hybridized carbons (Fsp3) is 0.111. The Morgan fingerprint density at radius 3 is 1.82 bits per heavy atom. The first-order valence-corrected chi connectivity index (χ1v) is 13.3. The minimum Gasteiger partial charge on any atom is -0.452 e. The van der Waals surface area contributed by atoms with Crippen molar-refractivity contribution < 1.29 is 8.83 Å². The molecule has 0 aliphatic heterocycles. The Morgan fingerprint density at radius 2 is 1.21 bits per heavy atom. The van der Waals surface area contributed by atoms with Crippen molar-refractivity contribution >= 4 is 60.2 Å². The molecule has 2 heteroatoms. The third-order valence-corrected chi connectivity index (χ3v) is 8.08. The number of hydrogen-bond acceptors (Lipinski definition) is 2. The molecule has 0 spiro atoms. The topological polar surface area (TPSA) is 26.3 Å². The van der Waals surface area contributed by atoms with Crippen LogP contribution < -0.4 is 0 Å². The quantitative estimate of drug-likeness (QED) is 0.241. The van der Waals surface area contributed by atoms with E-state index < -0.39 is 0 Å². The number of hydrogen-bond donors (Lipinski definition) is 0. The summed E-state index contributed by atoms with van der Waals surface area (Å²) in [7, 11) is 0. The highest BCUT2D eigenvalue weighted by molar-refractivity contribution is 6.33. The van der Waals surface area contributed by atoms with E-state index in [-0.39, 0.29) is 0 Å². The molecule has 8 rings (SSSR count). The molecule has 0 saturated heterocycles. The standard InChI is InChI=1S/C36H26O2/c1-21-7-11-23(12-8-21)25-15-17-29-31(19-25)37-35-33(29)27-5-3-4-6-28(27)34-30-18-16-26(20-32(30)38-36(34)35)24-13-9-22(2)10-14-24/h3-9,11-20,22H,10H2,1-2H3. The molecule has 7 aromatic rings. The molecule has 0 amide bonds. The van der Waals surface area contributed by atoms with E-state index >= 15 is 0 Å². The Labute approximate surface area is 220 Å². The maximum atomic E-state index is 6.64. The van der Waals surface area contributed by atoms with Crippen LogP contribution in [-0.2, 0) is 0 Å². The maximum absolute atomic E-state index is 6.64. The van der Waals surface area contributed by atoms with Crippen LogP contribution in [0.15, 0.2) is 112 Å². The van der Waals surface area contributed by atoms with E-state index in [2.05, 4.69) is 117 Å². The first kappa shape index (κ1) is 21.5. The van der Waals surface area contributed by atoms with E-state index in [1.165, 1.54) is 33.0 Å². The van der Waals surface area contributed by atoms with Crippen molar-refractivity contribution in [1.82, 2.24) is 0 Å². The zero-order chi connectivity index (χ0) is 25.4.